The Morgan fingerprint density at radius 2 is 2.44 bits per heavy atom. The van der Waals surface area contributed by atoms with Gasteiger partial charge in [-0.15, -0.1) is 0 Å². The van der Waals surface area contributed by atoms with E-state index in [2.05, 4.69) is 11.4 Å². The highest BCUT2D eigenvalue weighted by atomic mass is 19.1. The third kappa shape index (κ3) is 3.06. The topological polar surface area (TPSA) is 45.0 Å². The molecule has 0 aliphatic carbocycles. The number of nitriles is 1. The predicted octanol–water partition coefficient (Wildman–Crippen LogP) is 2.47. The first kappa shape index (κ1) is 13.0. The van der Waals surface area contributed by atoms with Crippen molar-refractivity contribution >= 4 is 0 Å². The fourth-order valence-corrected chi connectivity index (χ4v) is 2.08. The van der Waals surface area contributed by atoms with E-state index in [4.69, 9.17) is 10.00 Å². The van der Waals surface area contributed by atoms with Crippen LogP contribution in [0.15, 0.2) is 18.2 Å². The minimum atomic E-state index is -0.482. The lowest BCUT2D eigenvalue weighted by Gasteiger charge is -2.15. The molecule has 1 fully saturated rings. The fraction of sp³-hybridized carbons (Fsp3) is 0.500. The molecule has 1 aliphatic heterocycles. The summed E-state index contributed by atoms with van der Waals surface area (Å²) in [5.41, 5.74) is 1.26. The highest BCUT2D eigenvalue weighted by Crippen LogP contribution is 2.17. The van der Waals surface area contributed by atoms with Gasteiger partial charge in [-0.1, -0.05) is 12.1 Å². The molecule has 0 aromatic heterocycles. The Labute approximate surface area is 107 Å². The van der Waals surface area contributed by atoms with Gasteiger partial charge in [-0.3, -0.25) is 5.32 Å². The summed E-state index contributed by atoms with van der Waals surface area (Å²) >= 11 is 0. The smallest absolute Gasteiger partial charge is 0.126 e. The molecule has 96 valence electrons. The number of hydrogen-bond acceptors (Lipinski definition) is 3. The fourth-order valence-electron chi connectivity index (χ4n) is 2.08. The van der Waals surface area contributed by atoms with Crippen LogP contribution < -0.4 is 5.32 Å². The number of nitrogens with zero attached hydrogens (tertiary/aromatic N) is 1. The van der Waals surface area contributed by atoms with Gasteiger partial charge in [0.15, 0.2) is 0 Å². The van der Waals surface area contributed by atoms with E-state index in [1.165, 1.54) is 6.07 Å². The molecule has 1 heterocycles. The molecule has 0 amide bonds. The Bertz CT molecular complexity index is 450. The molecule has 4 heteroatoms. The van der Waals surface area contributed by atoms with Crippen LogP contribution in [0.4, 0.5) is 4.39 Å². The van der Waals surface area contributed by atoms with Crippen molar-refractivity contribution in [2.45, 2.75) is 31.9 Å². The molecule has 0 saturated carbocycles. The summed E-state index contributed by atoms with van der Waals surface area (Å²) in [6.07, 6.45) is 2.27. The lowest BCUT2D eigenvalue weighted by molar-refractivity contribution is 0.109. The molecule has 3 nitrogen and oxygen atoms in total. The second-order valence-corrected chi connectivity index (χ2v) is 4.61. The van der Waals surface area contributed by atoms with Crippen LogP contribution in [0, 0.1) is 24.1 Å². The summed E-state index contributed by atoms with van der Waals surface area (Å²) in [6, 6.07) is 6.58. The molecule has 2 unspecified atom stereocenters. The molecule has 1 saturated heterocycles. The van der Waals surface area contributed by atoms with E-state index < -0.39 is 6.04 Å². The van der Waals surface area contributed by atoms with Crippen LogP contribution in [0.2, 0.25) is 0 Å². The summed E-state index contributed by atoms with van der Waals surface area (Å²) in [7, 11) is 0. The van der Waals surface area contributed by atoms with Gasteiger partial charge in [0.2, 0.25) is 0 Å². The molecular weight excluding hydrogens is 231 g/mol. The van der Waals surface area contributed by atoms with Crippen LogP contribution in [-0.4, -0.2) is 19.3 Å². The first-order chi connectivity index (χ1) is 8.70. The van der Waals surface area contributed by atoms with Gasteiger partial charge in [0, 0.05) is 13.2 Å². The van der Waals surface area contributed by atoms with E-state index in [0.29, 0.717) is 17.7 Å². The molecule has 2 atom stereocenters. The van der Waals surface area contributed by atoms with Crippen LogP contribution in [0.3, 0.4) is 0 Å². The van der Waals surface area contributed by atoms with E-state index in [1.54, 1.807) is 19.1 Å². The predicted molar refractivity (Wildman–Crippen MR) is 66.5 cm³/mol. The van der Waals surface area contributed by atoms with Crippen molar-refractivity contribution in [1.82, 2.24) is 5.32 Å². The molecular formula is C14H17FN2O. The van der Waals surface area contributed by atoms with Gasteiger partial charge in [0.1, 0.15) is 11.9 Å². The second-order valence-electron chi connectivity index (χ2n) is 4.61. The van der Waals surface area contributed by atoms with Gasteiger partial charge in [-0.05, 0) is 37.0 Å². The van der Waals surface area contributed by atoms with E-state index in [0.717, 1.165) is 19.4 Å². The molecule has 1 aliphatic rings. The van der Waals surface area contributed by atoms with Crippen molar-refractivity contribution in [3.8, 4) is 6.07 Å². The normalized spacial score (nSPS) is 20.6. The third-order valence-electron chi connectivity index (χ3n) is 3.23. The Hall–Kier alpha value is -1.44. The Morgan fingerprint density at radius 1 is 1.61 bits per heavy atom. The number of benzene rings is 1. The molecule has 1 aromatic carbocycles. The zero-order valence-electron chi connectivity index (χ0n) is 10.4. The molecule has 1 N–H and O–H groups in total. The van der Waals surface area contributed by atoms with Gasteiger partial charge in [0.05, 0.1) is 12.2 Å². The average molecular weight is 248 g/mol. The van der Waals surface area contributed by atoms with Crippen molar-refractivity contribution in [3.05, 3.63) is 35.1 Å². The minimum Gasteiger partial charge on any atom is -0.377 e. The van der Waals surface area contributed by atoms with Crippen molar-refractivity contribution in [2.75, 3.05) is 13.2 Å². The number of nitrogens with one attached hydrogen (secondary N) is 1. The van der Waals surface area contributed by atoms with Gasteiger partial charge in [-0.2, -0.15) is 5.26 Å². The number of rotatable bonds is 4. The lowest BCUT2D eigenvalue weighted by Crippen LogP contribution is -2.29. The Balaban J connectivity index is 1.99. The van der Waals surface area contributed by atoms with Crippen LogP contribution >= 0.6 is 0 Å². The summed E-state index contributed by atoms with van der Waals surface area (Å²) in [4.78, 5) is 0. The first-order valence-corrected chi connectivity index (χ1v) is 6.21. The standard InChI is InChI=1S/C14H17FN2O/c1-10-4-5-11(7-13(10)15)14(8-16)17-9-12-3-2-6-18-12/h4-5,7,12,14,17H,2-3,6,9H2,1H3. The maximum absolute atomic E-state index is 13.5. The Morgan fingerprint density at radius 3 is 3.06 bits per heavy atom. The zero-order valence-corrected chi connectivity index (χ0v) is 10.4. The van der Waals surface area contributed by atoms with E-state index in [9.17, 15) is 4.39 Å². The monoisotopic (exact) mass is 248 g/mol. The minimum absolute atomic E-state index is 0.177. The number of aryl methyl sites for hydroxylation is 1. The van der Waals surface area contributed by atoms with Gasteiger partial charge >= 0.3 is 0 Å². The second kappa shape index (κ2) is 5.94. The summed E-state index contributed by atoms with van der Waals surface area (Å²) < 4.78 is 18.9. The van der Waals surface area contributed by atoms with Crippen molar-refractivity contribution < 1.29 is 9.13 Å². The summed E-state index contributed by atoms with van der Waals surface area (Å²) in [5, 5.41) is 12.3. The number of hydrogen-bond donors (Lipinski definition) is 1. The highest BCUT2D eigenvalue weighted by molar-refractivity contribution is 5.28. The molecule has 0 spiro atoms. The summed E-state index contributed by atoms with van der Waals surface area (Å²) in [5.74, 6) is -0.272. The van der Waals surface area contributed by atoms with Gasteiger partial charge < -0.3 is 4.74 Å². The average Bonchev–Trinajstić information content (AvgIpc) is 2.87. The van der Waals surface area contributed by atoms with Crippen LogP contribution in [0.25, 0.3) is 0 Å². The molecule has 0 radical (unpaired) electrons. The first-order valence-electron chi connectivity index (χ1n) is 6.21. The van der Waals surface area contributed by atoms with Crippen LogP contribution in [-0.2, 0) is 4.74 Å². The van der Waals surface area contributed by atoms with E-state index >= 15 is 0 Å². The molecule has 0 bridgehead atoms. The van der Waals surface area contributed by atoms with E-state index in [-0.39, 0.29) is 11.9 Å². The van der Waals surface area contributed by atoms with Gasteiger partial charge in [-0.25, -0.2) is 4.39 Å². The van der Waals surface area contributed by atoms with E-state index in [1.807, 2.05) is 0 Å². The largest absolute Gasteiger partial charge is 0.377 e. The quantitative estimate of drug-likeness (QED) is 0.890. The SMILES string of the molecule is Cc1ccc(C(C#N)NCC2CCCO2)cc1F. The molecule has 18 heavy (non-hydrogen) atoms. The number of ether oxygens (including phenoxy) is 1. The molecule has 1 aromatic rings. The van der Waals surface area contributed by atoms with Crippen molar-refractivity contribution in [1.29, 1.82) is 5.26 Å². The van der Waals surface area contributed by atoms with Gasteiger partial charge in [0.25, 0.3) is 0 Å². The van der Waals surface area contributed by atoms with Crippen LogP contribution in [0.1, 0.15) is 30.0 Å². The maximum Gasteiger partial charge on any atom is 0.126 e. The van der Waals surface area contributed by atoms with Crippen molar-refractivity contribution in [2.24, 2.45) is 0 Å². The third-order valence-corrected chi connectivity index (χ3v) is 3.23. The zero-order chi connectivity index (χ0) is 13.0. The summed E-state index contributed by atoms with van der Waals surface area (Å²) in [6.45, 7) is 3.14. The lowest BCUT2D eigenvalue weighted by atomic mass is 10.1. The maximum atomic E-state index is 13.5. The van der Waals surface area contributed by atoms with Crippen LogP contribution in [0.5, 0.6) is 0 Å². The number of halogens is 1. The molecule has 2 rings (SSSR count). The highest BCUT2D eigenvalue weighted by Gasteiger charge is 2.18. The Kier molecular flexibility index (Phi) is 4.29. The van der Waals surface area contributed by atoms with Crippen molar-refractivity contribution in [3.63, 3.8) is 0 Å².